The quantitative estimate of drug-likeness (QED) is 0.676. The molecule has 3 aliphatic rings. The largest absolute Gasteiger partial charge is 0.503 e. The maximum absolute atomic E-state index is 13.7. The van der Waals surface area contributed by atoms with Crippen LogP contribution in [-0.2, 0) is 16.0 Å². The molecular weight excluding hydrogens is 402 g/mol. The molecule has 0 aromatic heterocycles. The highest BCUT2D eigenvalue weighted by atomic mass is 19.1. The van der Waals surface area contributed by atoms with Crippen LogP contribution in [0.25, 0.3) is 0 Å². The van der Waals surface area contributed by atoms with E-state index < -0.39 is 29.2 Å². The zero-order chi connectivity index (χ0) is 22.0. The van der Waals surface area contributed by atoms with E-state index in [9.17, 15) is 23.5 Å². The molecule has 1 atom stereocenters. The van der Waals surface area contributed by atoms with Crippen molar-refractivity contribution in [1.29, 1.82) is 0 Å². The van der Waals surface area contributed by atoms with Crippen LogP contribution in [0.5, 0.6) is 5.75 Å². The Morgan fingerprint density at radius 2 is 1.71 bits per heavy atom. The number of hydrogen-bond acceptors (Lipinski definition) is 3. The van der Waals surface area contributed by atoms with Gasteiger partial charge in [0.05, 0.1) is 5.92 Å². The Hall–Kier alpha value is -2.96. The van der Waals surface area contributed by atoms with E-state index in [1.165, 1.54) is 0 Å². The van der Waals surface area contributed by atoms with Crippen molar-refractivity contribution in [3.63, 3.8) is 0 Å². The maximum atomic E-state index is 13.7. The summed E-state index contributed by atoms with van der Waals surface area (Å²) >= 11 is 0. The molecule has 2 N–H and O–H groups in total. The predicted octanol–water partition coefficient (Wildman–Crippen LogP) is 4.26. The number of anilines is 1. The number of halogens is 2. The fourth-order valence-corrected chi connectivity index (χ4v) is 4.74. The zero-order valence-electron chi connectivity index (χ0n) is 17.2. The van der Waals surface area contributed by atoms with Gasteiger partial charge in [0, 0.05) is 36.8 Å². The highest BCUT2D eigenvalue weighted by Gasteiger charge is 2.37. The topological polar surface area (TPSA) is 69.6 Å². The SMILES string of the molecule is O=C(Nc1cc(F)c(O)c(F)c1)[C@H](CC(=O)N1CC2CCC1CC2)Cc1ccccc1. The average molecular weight is 428 g/mol. The minimum atomic E-state index is -1.16. The second-order valence-corrected chi connectivity index (χ2v) is 8.59. The summed E-state index contributed by atoms with van der Waals surface area (Å²) in [4.78, 5) is 28.0. The number of aromatic hydroxyl groups is 1. The van der Waals surface area contributed by atoms with Crippen molar-refractivity contribution in [3.05, 3.63) is 59.7 Å². The second-order valence-electron chi connectivity index (χ2n) is 8.59. The van der Waals surface area contributed by atoms with Gasteiger partial charge in [-0.1, -0.05) is 30.3 Å². The van der Waals surface area contributed by atoms with Gasteiger partial charge in [0.1, 0.15) is 0 Å². The molecule has 31 heavy (non-hydrogen) atoms. The van der Waals surface area contributed by atoms with Crippen LogP contribution >= 0.6 is 0 Å². The first-order valence-electron chi connectivity index (χ1n) is 10.7. The Labute approximate surface area is 180 Å². The first-order chi connectivity index (χ1) is 14.9. The molecule has 0 unspecified atom stereocenters. The Morgan fingerprint density at radius 3 is 2.29 bits per heavy atom. The van der Waals surface area contributed by atoms with Crippen molar-refractivity contribution in [2.75, 3.05) is 11.9 Å². The molecule has 2 bridgehead atoms. The first-order valence-corrected chi connectivity index (χ1v) is 10.7. The standard InChI is InChI=1S/C24H26F2N2O3/c25-20-12-18(13-21(26)23(20)30)27-24(31)17(10-15-4-2-1-3-5-15)11-22(29)28-14-16-6-8-19(28)9-7-16/h1-5,12-13,16-17,19,30H,6-11,14H2,(H,27,31)/t16?,17-,19?/m0/s1. The summed E-state index contributed by atoms with van der Waals surface area (Å²) in [5.41, 5.74) is 0.805. The van der Waals surface area contributed by atoms with Crippen molar-refractivity contribution in [2.45, 2.75) is 44.6 Å². The fourth-order valence-electron chi connectivity index (χ4n) is 4.74. The van der Waals surface area contributed by atoms with Gasteiger partial charge in [-0.05, 0) is 43.6 Å². The van der Waals surface area contributed by atoms with Crippen molar-refractivity contribution in [1.82, 2.24) is 4.90 Å². The van der Waals surface area contributed by atoms with Gasteiger partial charge in [0.15, 0.2) is 17.4 Å². The van der Waals surface area contributed by atoms with Crippen LogP contribution in [-0.4, -0.2) is 34.4 Å². The summed E-state index contributed by atoms with van der Waals surface area (Å²) < 4.78 is 27.4. The molecule has 3 fully saturated rings. The van der Waals surface area contributed by atoms with E-state index in [-0.39, 0.29) is 24.1 Å². The predicted molar refractivity (Wildman–Crippen MR) is 112 cm³/mol. The molecule has 1 aliphatic carbocycles. The normalized spacial score (nSPS) is 21.0. The number of rotatable bonds is 6. The lowest BCUT2D eigenvalue weighted by Crippen LogP contribution is -2.51. The third kappa shape index (κ3) is 4.86. The molecule has 164 valence electrons. The van der Waals surface area contributed by atoms with Crippen molar-refractivity contribution >= 4 is 17.5 Å². The molecule has 2 heterocycles. The summed E-state index contributed by atoms with van der Waals surface area (Å²) in [6.07, 6.45) is 4.70. The van der Waals surface area contributed by atoms with Crippen LogP contribution in [0.1, 0.15) is 37.7 Å². The highest BCUT2D eigenvalue weighted by molar-refractivity contribution is 5.95. The van der Waals surface area contributed by atoms with Crippen LogP contribution < -0.4 is 5.32 Å². The number of nitrogens with zero attached hydrogens (tertiary/aromatic N) is 1. The van der Waals surface area contributed by atoms with E-state index >= 15 is 0 Å². The number of piperidine rings is 2. The molecule has 5 nitrogen and oxygen atoms in total. The zero-order valence-corrected chi connectivity index (χ0v) is 17.2. The minimum Gasteiger partial charge on any atom is -0.503 e. The Kier molecular flexibility index (Phi) is 6.20. The summed E-state index contributed by atoms with van der Waals surface area (Å²) in [5, 5.41) is 11.8. The monoisotopic (exact) mass is 428 g/mol. The first kappa shape index (κ1) is 21.3. The molecule has 5 rings (SSSR count). The third-order valence-electron chi connectivity index (χ3n) is 6.43. The molecule has 2 aromatic rings. The Balaban J connectivity index is 1.51. The lowest BCUT2D eigenvalue weighted by molar-refractivity contribution is -0.141. The molecular formula is C24H26F2N2O3. The van der Waals surface area contributed by atoms with Gasteiger partial charge in [-0.3, -0.25) is 9.59 Å². The van der Waals surface area contributed by atoms with Gasteiger partial charge in [-0.15, -0.1) is 0 Å². The number of carbonyl (C=O) groups is 2. The summed E-state index contributed by atoms with van der Waals surface area (Å²) in [5.74, 6) is -4.08. The number of benzene rings is 2. The summed E-state index contributed by atoms with van der Waals surface area (Å²) in [6.45, 7) is 0.748. The highest BCUT2D eigenvalue weighted by Crippen LogP contribution is 2.35. The second kappa shape index (κ2) is 9.04. The smallest absolute Gasteiger partial charge is 0.228 e. The molecule has 2 aliphatic heterocycles. The number of phenols is 1. The molecule has 2 saturated heterocycles. The van der Waals surface area contributed by atoms with E-state index in [1.54, 1.807) is 0 Å². The number of phenolic OH excluding ortho intramolecular Hbond substituents is 1. The third-order valence-corrected chi connectivity index (χ3v) is 6.43. The lowest BCUT2D eigenvalue weighted by Gasteiger charge is -2.45. The van der Waals surface area contributed by atoms with E-state index in [4.69, 9.17) is 0 Å². The van der Waals surface area contributed by atoms with Crippen molar-refractivity contribution < 1.29 is 23.5 Å². The number of hydrogen-bond donors (Lipinski definition) is 2. The average Bonchev–Trinajstić information content (AvgIpc) is 2.78. The van der Waals surface area contributed by atoms with Gasteiger partial charge in [-0.2, -0.15) is 0 Å². The van der Waals surface area contributed by atoms with Crippen LogP contribution in [0.3, 0.4) is 0 Å². The van der Waals surface area contributed by atoms with Crippen molar-refractivity contribution in [2.24, 2.45) is 11.8 Å². The van der Waals surface area contributed by atoms with E-state index in [2.05, 4.69) is 5.32 Å². The van der Waals surface area contributed by atoms with Crippen molar-refractivity contribution in [3.8, 4) is 5.75 Å². The fraction of sp³-hybridized carbons (Fsp3) is 0.417. The van der Waals surface area contributed by atoms with Crippen LogP contribution in [0.2, 0.25) is 0 Å². The Morgan fingerprint density at radius 1 is 1.06 bits per heavy atom. The molecule has 2 aromatic carbocycles. The van der Waals surface area contributed by atoms with Crippen LogP contribution in [0, 0.1) is 23.5 Å². The molecule has 0 spiro atoms. The molecule has 1 saturated carbocycles. The van der Waals surface area contributed by atoms with E-state index in [0.717, 1.165) is 49.9 Å². The number of amides is 2. The van der Waals surface area contributed by atoms with Crippen LogP contribution in [0.15, 0.2) is 42.5 Å². The van der Waals surface area contributed by atoms with Gasteiger partial charge in [-0.25, -0.2) is 8.78 Å². The Bertz CT molecular complexity index is 936. The van der Waals surface area contributed by atoms with Gasteiger partial charge in [0.2, 0.25) is 11.8 Å². The van der Waals surface area contributed by atoms with Gasteiger partial charge >= 0.3 is 0 Å². The number of carbonyl (C=O) groups excluding carboxylic acids is 2. The minimum absolute atomic E-state index is 0.0347. The molecule has 7 heteroatoms. The molecule has 0 radical (unpaired) electrons. The number of nitrogens with one attached hydrogen (secondary N) is 1. The van der Waals surface area contributed by atoms with Crippen LogP contribution in [0.4, 0.5) is 14.5 Å². The summed E-state index contributed by atoms with van der Waals surface area (Å²) in [6, 6.07) is 11.3. The number of fused-ring (bicyclic) bond motifs is 3. The maximum Gasteiger partial charge on any atom is 0.228 e. The lowest BCUT2D eigenvalue weighted by atomic mass is 9.79. The van der Waals surface area contributed by atoms with Gasteiger partial charge < -0.3 is 15.3 Å². The molecule has 2 amide bonds. The van der Waals surface area contributed by atoms with E-state index in [0.29, 0.717) is 12.3 Å². The van der Waals surface area contributed by atoms with Gasteiger partial charge in [0.25, 0.3) is 0 Å². The summed E-state index contributed by atoms with van der Waals surface area (Å²) in [7, 11) is 0. The van der Waals surface area contributed by atoms with E-state index in [1.807, 2.05) is 35.2 Å².